The van der Waals surface area contributed by atoms with Gasteiger partial charge in [0.05, 0.1) is 18.3 Å². The molecule has 3 rings (SSSR count). The Labute approximate surface area is 148 Å². The lowest BCUT2D eigenvalue weighted by atomic mass is 10.1. The predicted molar refractivity (Wildman–Crippen MR) is 94.9 cm³/mol. The average molecular weight is 359 g/mol. The number of carbonyl (C=O) groups is 1. The molecule has 3 aromatic rings. The van der Waals surface area contributed by atoms with E-state index in [1.54, 1.807) is 6.20 Å². The van der Waals surface area contributed by atoms with Crippen LogP contribution in [-0.4, -0.2) is 31.6 Å². The fraction of sp³-hybridized carbons (Fsp3) is 0.250. The summed E-state index contributed by atoms with van der Waals surface area (Å²) < 4.78 is 2.63. The minimum absolute atomic E-state index is 0.0335. The maximum absolute atomic E-state index is 12.3. The molecule has 0 spiro atoms. The summed E-state index contributed by atoms with van der Waals surface area (Å²) in [6, 6.07) is 11.7. The van der Waals surface area contributed by atoms with Crippen molar-refractivity contribution in [2.24, 2.45) is 0 Å². The second-order valence-electron chi connectivity index (χ2n) is 5.13. The van der Waals surface area contributed by atoms with E-state index in [1.807, 2.05) is 54.2 Å². The van der Waals surface area contributed by atoms with Gasteiger partial charge in [0.2, 0.25) is 5.91 Å². The van der Waals surface area contributed by atoms with Crippen LogP contribution in [0.25, 0.3) is 0 Å². The van der Waals surface area contributed by atoms with Crippen LogP contribution in [0.2, 0.25) is 0 Å². The Bertz CT molecular complexity index is 773. The molecular weight excluding hydrogens is 342 g/mol. The van der Waals surface area contributed by atoms with Crippen LogP contribution >= 0.6 is 23.1 Å². The number of nitrogens with one attached hydrogen (secondary N) is 1. The summed E-state index contributed by atoms with van der Waals surface area (Å²) in [5.74, 6) is 0.283. The van der Waals surface area contributed by atoms with E-state index in [0.29, 0.717) is 12.3 Å². The number of rotatable bonds is 7. The van der Waals surface area contributed by atoms with E-state index in [4.69, 9.17) is 0 Å². The van der Waals surface area contributed by atoms with Gasteiger partial charge in [-0.2, -0.15) is 5.10 Å². The van der Waals surface area contributed by atoms with Crippen LogP contribution in [0, 0.1) is 6.92 Å². The highest BCUT2D eigenvalue weighted by molar-refractivity contribution is 8.01. The van der Waals surface area contributed by atoms with Gasteiger partial charge < -0.3 is 5.32 Å². The average Bonchev–Trinajstić information content (AvgIpc) is 3.25. The highest BCUT2D eigenvalue weighted by Crippen LogP contribution is 2.22. The van der Waals surface area contributed by atoms with Crippen molar-refractivity contribution in [3.63, 3.8) is 0 Å². The molecule has 0 aliphatic carbocycles. The fourth-order valence-corrected chi connectivity index (χ4v) is 3.84. The Kier molecular flexibility index (Phi) is 5.60. The zero-order valence-corrected chi connectivity index (χ0v) is 14.8. The Hall–Kier alpha value is -2.19. The van der Waals surface area contributed by atoms with Gasteiger partial charge in [0, 0.05) is 12.4 Å². The quantitative estimate of drug-likeness (QED) is 0.657. The van der Waals surface area contributed by atoms with Crippen molar-refractivity contribution in [2.75, 3.05) is 5.75 Å². The van der Waals surface area contributed by atoms with Crippen molar-refractivity contribution in [3.8, 4) is 0 Å². The second kappa shape index (κ2) is 8.07. The van der Waals surface area contributed by atoms with Gasteiger partial charge in [-0.05, 0) is 18.6 Å². The van der Waals surface area contributed by atoms with Crippen molar-refractivity contribution in [1.29, 1.82) is 0 Å². The lowest BCUT2D eigenvalue weighted by Crippen LogP contribution is -2.32. The topological polar surface area (TPSA) is 72.7 Å². The van der Waals surface area contributed by atoms with Crippen molar-refractivity contribution in [2.45, 2.75) is 23.8 Å². The first kappa shape index (κ1) is 16.7. The molecule has 8 heteroatoms. The van der Waals surface area contributed by atoms with Crippen LogP contribution in [0.15, 0.2) is 53.1 Å². The summed E-state index contributed by atoms with van der Waals surface area (Å²) in [5, 5.41) is 16.2. The van der Waals surface area contributed by atoms with Crippen LogP contribution in [0.3, 0.4) is 0 Å². The third-order valence-electron chi connectivity index (χ3n) is 3.30. The first-order valence-electron chi connectivity index (χ1n) is 7.45. The van der Waals surface area contributed by atoms with Gasteiger partial charge in [-0.3, -0.25) is 9.48 Å². The lowest BCUT2D eigenvalue weighted by Gasteiger charge is -2.19. The van der Waals surface area contributed by atoms with Gasteiger partial charge >= 0.3 is 0 Å². The number of hydrogen-bond acceptors (Lipinski definition) is 6. The lowest BCUT2D eigenvalue weighted by molar-refractivity contribution is -0.119. The van der Waals surface area contributed by atoms with Gasteiger partial charge in [0.15, 0.2) is 4.34 Å². The van der Waals surface area contributed by atoms with Gasteiger partial charge in [0.25, 0.3) is 0 Å². The number of thioether (sulfide) groups is 1. The molecule has 0 saturated carbocycles. The van der Waals surface area contributed by atoms with E-state index in [0.717, 1.165) is 14.9 Å². The molecule has 2 heterocycles. The van der Waals surface area contributed by atoms with Crippen LogP contribution in [0.4, 0.5) is 0 Å². The molecule has 2 aromatic heterocycles. The summed E-state index contributed by atoms with van der Waals surface area (Å²) >= 11 is 2.90. The number of amides is 1. The largest absolute Gasteiger partial charge is 0.347 e. The molecule has 6 nitrogen and oxygen atoms in total. The van der Waals surface area contributed by atoms with Crippen molar-refractivity contribution in [3.05, 3.63) is 59.4 Å². The van der Waals surface area contributed by atoms with Gasteiger partial charge in [0.1, 0.15) is 5.01 Å². The van der Waals surface area contributed by atoms with E-state index in [1.165, 1.54) is 23.1 Å². The monoisotopic (exact) mass is 359 g/mol. The van der Waals surface area contributed by atoms with Crippen molar-refractivity contribution in [1.82, 2.24) is 25.3 Å². The molecule has 0 radical (unpaired) electrons. The molecule has 0 saturated heterocycles. The predicted octanol–water partition coefficient (Wildman–Crippen LogP) is 2.69. The summed E-state index contributed by atoms with van der Waals surface area (Å²) in [7, 11) is 0. The van der Waals surface area contributed by atoms with Gasteiger partial charge in [-0.1, -0.05) is 53.4 Å². The zero-order valence-electron chi connectivity index (χ0n) is 13.1. The molecule has 0 aliphatic rings. The summed E-state index contributed by atoms with van der Waals surface area (Å²) in [6.07, 6.45) is 3.62. The van der Waals surface area contributed by atoms with E-state index in [9.17, 15) is 4.79 Å². The fourth-order valence-electron chi connectivity index (χ4n) is 2.22. The Morgan fingerprint density at radius 2 is 2.12 bits per heavy atom. The van der Waals surface area contributed by atoms with Crippen molar-refractivity contribution >= 4 is 29.0 Å². The van der Waals surface area contributed by atoms with Crippen LogP contribution < -0.4 is 5.32 Å². The zero-order chi connectivity index (χ0) is 16.8. The van der Waals surface area contributed by atoms with Crippen LogP contribution in [0.5, 0.6) is 0 Å². The summed E-state index contributed by atoms with van der Waals surface area (Å²) in [6.45, 7) is 2.49. The molecule has 0 aliphatic heterocycles. The van der Waals surface area contributed by atoms with E-state index < -0.39 is 0 Å². The molecule has 0 bridgehead atoms. The summed E-state index contributed by atoms with van der Waals surface area (Å²) in [5.41, 5.74) is 1.05. The molecule has 1 aromatic carbocycles. The third kappa shape index (κ3) is 4.65. The molecule has 1 unspecified atom stereocenters. The Morgan fingerprint density at radius 1 is 1.29 bits per heavy atom. The third-order valence-corrected chi connectivity index (χ3v) is 5.27. The highest BCUT2D eigenvalue weighted by Gasteiger charge is 2.16. The van der Waals surface area contributed by atoms with Crippen LogP contribution in [-0.2, 0) is 11.3 Å². The SMILES string of the molecule is Cc1nnc(SCC(=O)NC(Cn2cccn2)c2ccccc2)s1. The Balaban J connectivity index is 1.63. The number of hydrogen-bond donors (Lipinski definition) is 1. The minimum Gasteiger partial charge on any atom is -0.347 e. The van der Waals surface area contributed by atoms with E-state index in [2.05, 4.69) is 20.6 Å². The first-order valence-corrected chi connectivity index (χ1v) is 9.25. The maximum atomic E-state index is 12.3. The first-order chi connectivity index (χ1) is 11.7. The maximum Gasteiger partial charge on any atom is 0.230 e. The number of nitrogens with zero attached hydrogens (tertiary/aromatic N) is 4. The molecule has 1 N–H and O–H groups in total. The number of carbonyl (C=O) groups excluding carboxylic acids is 1. The summed E-state index contributed by atoms with van der Waals surface area (Å²) in [4.78, 5) is 12.3. The Morgan fingerprint density at radius 3 is 2.79 bits per heavy atom. The normalized spacial score (nSPS) is 12.0. The smallest absolute Gasteiger partial charge is 0.230 e. The van der Waals surface area contributed by atoms with Crippen LogP contribution in [0.1, 0.15) is 16.6 Å². The van der Waals surface area contributed by atoms with E-state index in [-0.39, 0.29) is 11.9 Å². The van der Waals surface area contributed by atoms with Gasteiger partial charge in [-0.15, -0.1) is 10.2 Å². The molecule has 24 heavy (non-hydrogen) atoms. The molecule has 1 atom stereocenters. The van der Waals surface area contributed by atoms with Crippen molar-refractivity contribution < 1.29 is 4.79 Å². The molecule has 124 valence electrons. The van der Waals surface area contributed by atoms with Gasteiger partial charge in [-0.25, -0.2) is 0 Å². The molecular formula is C16H17N5OS2. The number of benzene rings is 1. The number of aryl methyl sites for hydroxylation is 1. The molecule has 0 fully saturated rings. The highest BCUT2D eigenvalue weighted by atomic mass is 32.2. The minimum atomic E-state index is -0.129. The second-order valence-corrected chi connectivity index (χ2v) is 7.54. The standard InChI is InChI=1S/C16H17N5OS2/c1-12-19-20-16(24-12)23-11-15(22)18-14(10-21-9-5-8-17-21)13-6-3-2-4-7-13/h2-9,14H,10-11H2,1H3,(H,18,22). The number of aromatic nitrogens is 4. The molecule has 1 amide bonds. The van der Waals surface area contributed by atoms with E-state index >= 15 is 0 Å².